The Balaban J connectivity index is 1.28. The second-order valence-corrected chi connectivity index (χ2v) is 9.13. The molecule has 4 bridgehead atoms. The van der Waals surface area contributed by atoms with Gasteiger partial charge in [0.05, 0.1) is 5.41 Å². The summed E-state index contributed by atoms with van der Waals surface area (Å²) in [7, 11) is 0. The molecule has 0 radical (unpaired) electrons. The van der Waals surface area contributed by atoms with E-state index in [2.05, 4.69) is 17.0 Å². The molecule has 4 aliphatic carbocycles. The number of rotatable bonds is 3. The number of piperidine rings is 1. The SMILES string of the molecule is O=C(Oc1ccc(N2CCCCC2)cc1)C12CC3CC(CC(C3)C1)C2. The van der Waals surface area contributed by atoms with Crippen molar-refractivity contribution in [3.63, 3.8) is 0 Å². The first-order valence-electron chi connectivity index (χ1n) is 10.3. The van der Waals surface area contributed by atoms with Crippen LogP contribution in [-0.4, -0.2) is 19.1 Å². The van der Waals surface area contributed by atoms with Crippen LogP contribution in [0.15, 0.2) is 24.3 Å². The van der Waals surface area contributed by atoms with Crippen molar-refractivity contribution in [3.05, 3.63) is 24.3 Å². The zero-order chi connectivity index (χ0) is 16.9. The van der Waals surface area contributed by atoms with Crippen molar-refractivity contribution in [2.24, 2.45) is 23.2 Å². The van der Waals surface area contributed by atoms with Gasteiger partial charge in [-0.25, -0.2) is 0 Å². The predicted octanol–water partition coefficient (Wildman–Crippen LogP) is 4.80. The highest BCUT2D eigenvalue weighted by atomic mass is 16.5. The summed E-state index contributed by atoms with van der Waals surface area (Å²) in [6.45, 7) is 2.29. The first-order chi connectivity index (χ1) is 12.2. The normalized spacial score (nSPS) is 36.5. The van der Waals surface area contributed by atoms with Crippen LogP contribution in [0.2, 0.25) is 0 Å². The van der Waals surface area contributed by atoms with E-state index in [1.165, 1.54) is 44.2 Å². The van der Waals surface area contributed by atoms with Gasteiger partial charge in [-0.1, -0.05) is 0 Å². The second kappa shape index (κ2) is 6.03. The van der Waals surface area contributed by atoms with Crippen LogP contribution in [-0.2, 0) is 4.79 Å². The van der Waals surface area contributed by atoms with E-state index in [1.54, 1.807) is 0 Å². The highest BCUT2D eigenvalue weighted by molar-refractivity contribution is 5.80. The van der Waals surface area contributed by atoms with Crippen molar-refractivity contribution in [2.75, 3.05) is 18.0 Å². The molecule has 0 atom stereocenters. The van der Waals surface area contributed by atoms with Crippen molar-refractivity contribution in [1.82, 2.24) is 0 Å². The van der Waals surface area contributed by atoms with Crippen LogP contribution in [0.3, 0.4) is 0 Å². The second-order valence-electron chi connectivity index (χ2n) is 9.13. The van der Waals surface area contributed by atoms with Crippen molar-refractivity contribution < 1.29 is 9.53 Å². The molecule has 5 aliphatic rings. The summed E-state index contributed by atoms with van der Waals surface area (Å²) < 4.78 is 5.88. The molecule has 1 saturated heterocycles. The van der Waals surface area contributed by atoms with Gasteiger partial charge in [0.1, 0.15) is 5.75 Å². The molecule has 0 amide bonds. The lowest BCUT2D eigenvalue weighted by Gasteiger charge is -2.55. The van der Waals surface area contributed by atoms with Gasteiger partial charge < -0.3 is 9.64 Å². The summed E-state index contributed by atoms with van der Waals surface area (Å²) in [6, 6.07) is 8.21. The number of carbonyl (C=O) groups is 1. The van der Waals surface area contributed by atoms with E-state index in [4.69, 9.17) is 4.74 Å². The van der Waals surface area contributed by atoms with E-state index in [0.29, 0.717) is 0 Å². The number of benzene rings is 1. The summed E-state index contributed by atoms with van der Waals surface area (Å²) in [5, 5.41) is 0. The third kappa shape index (κ3) is 2.86. The lowest BCUT2D eigenvalue weighted by molar-refractivity contribution is -0.161. The number of hydrogen-bond acceptors (Lipinski definition) is 3. The minimum atomic E-state index is -0.166. The Morgan fingerprint density at radius 3 is 2.00 bits per heavy atom. The van der Waals surface area contributed by atoms with Gasteiger partial charge in [-0.2, -0.15) is 0 Å². The van der Waals surface area contributed by atoms with Crippen molar-refractivity contribution >= 4 is 11.7 Å². The zero-order valence-corrected chi connectivity index (χ0v) is 15.1. The Labute approximate surface area is 150 Å². The summed E-state index contributed by atoms with van der Waals surface area (Å²) in [4.78, 5) is 15.5. The first kappa shape index (κ1) is 15.7. The Morgan fingerprint density at radius 1 is 0.880 bits per heavy atom. The van der Waals surface area contributed by atoms with Crippen molar-refractivity contribution in [3.8, 4) is 5.75 Å². The molecule has 6 rings (SSSR count). The fraction of sp³-hybridized carbons (Fsp3) is 0.682. The Kier molecular flexibility index (Phi) is 3.79. The van der Waals surface area contributed by atoms with E-state index in [1.807, 2.05) is 12.1 Å². The minimum Gasteiger partial charge on any atom is -0.426 e. The first-order valence-corrected chi connectivity index (χ1v) is 10.3. The van der Waals surface area contributed by atoms with Crippen LogP contribution in [0, 0.1) is 23.2 Å². The van der Waals surface area contributed by atoms with Gasteiger partial charge in [0.15, 0.2) is 0 Å². The highest BCUT2D eigenvalue weighted by Gasteiger charge is 2.55. The Morgan fingerprint density at radius 2 is 1.44 bits per heavy atom. The molecule has 3 nitrogen and oxygen atoms in total. The molecule has 134 valence electrons. The molecule has 5 fully saturated rings. The maximum atomic E-state index is 13.0. The van der Waals surface area contributed by atoms with Crippen LogP contribution in [0.25, 0.3) is 0 Å². The average Bonchev–Trinajstić information content (AvgIpc) is 2.62. The number of esters is 1. The largest absolute Gasteiger partial charge is 0.426 e. The maximum absolute atomic E-state index is 13.0. The topological polar surface area (TPSA) is 29.5 Å². The van der Waals surface area contributed by atoms with Crippen LogP contribution in [0.4, 0.5) is 5.69 Å². The smallest absolute Gasteiger partial charge is 0.317 e. The van der Waals surface area contributed by atoms with Gasteiger partial charge in [0, 0.05) is 18.8 Å². The average molecular weight is 339 g/mol. The van der Waals surface area contributed by atoms with Gasteiger partial charge in [-0.05, 0) is 99.8 Å². The monoisotopic (exact) mass is 339 g/mol. The predicted molar refractivity (Wildman–Crippen MR) is 98.7 cm³/mol. The van der Waals surface area contributed by atoms with Crippen LogP contribution >= 0.6 is 0 Å². The lowest BCUT2D eigenvalue weighted by Crippen LogP contribution is -2.51. The van der Waals surface area contributed by atoms with Gasteiger partial charge in [-0.15, -0.1) is 0 Å². The minimum absolute atomic E-state index is 0.0531. The van der Waals surface area contributed by atoms with Gasteiger partial charge in [0.25, 0.3) is 0 Å². The fourth-order valence-corrected chi connectivity index (χ4v) is 6.45. The van der Waals surface area contributed by atoms with E-state index in [-0.39, 0.29) is 11.4 Å². The summed E-state index contributed by atoms with van der Waals surface area (Å²) in [5.41, 5.74) is 1.09. The number of anilines is 1. The molecule has 1 aromatic rings. The maximum Gasteiger partial charge on any atom is 0.317 e. The molecular formula is C22H29NO2. The number of nitrogens with zero attached hydrogens (tertiary/aromatic N) is 1. The fourth-order valence-electron chi connectivity index (χ4n) is 6.45. The molecule has 0 N–H and O–H groups in total. The molecular weight excluding hydrogens is 310 g/mol. The molecule has 4 saturated carbocycles. The molecule has 0 unspecified atom stereocenters. The van der Waals surface area contributed by atoms with Gasteiger partial charge in [-0.3, -0.25) is 4.79 Å². The number of ether oxygens (including phenoxy) is 1. The molecule has 3 heteroatoms. The van der Waals surface area contributed by atoms with Gasteiger partial charge >= 0.3 is 5.97 Å². The van der Waals surface area contributed by atoms with E-state index >= 15 is 0 Å². The zero-order valence-electron chi connectivity index (χ0n) is 15.1. The Hall–Kier alpha value is -1.51. The van der Waals surface area contributed by atoms with Gasteiger partial charge in [0.2, 0.25) is 0 Å². The molecule has 0 aromatic heterocycles. The molecule has 1 aromatic carbocycles. The highest BCUT2D eigenvalue weighted by Crippen LogP contribution is 2.60. The third-order valence-corrected chi connectivity index (χ3v) is 7.24. The van der Waals surface area contributed by atoms with Crippen molar-refractivity contribution in [2.45, 2.75) is 57.8 Å². The molecule has 1 heterocycles. The molecule has 0 spiro atoms. The molecule has 25 heavy (non-hydrogen) atoms. The van der Waals surface area contributed by atoms with Crippen molar-refractivity contribution in [1.29, 1.82) is 0 Å². The number of hydrogen-bond donors (Lipinski definition) is 0. The lowest BCUT2D eigenvalue weighted by atomic mass is 9.49. The number of carbonyl (C=O) groups excluding carboxylic acids is 1. The van der Waals surface area contributed by atoms with Crippen LogP contribution in [0.1, 0.15) is 57.8 Å². The standard InChI is InChI=1S/C22H29NO2/c24-21(22-13-16-10-17(14-22)12-18(11-16)15-22)25-20-6-4-19(5-7-20)23-8-2-1-3-9-23/h4-7,16-18H,1-3,8-15H2. The van der Waals surface area contributed by atoms with E-state index in [0.717, 1.165) is 55.9 Å². The van der Waals surface area contributed by atoms with Crippen LogP contribution in [0.5, 0.6) is 5.75 Å². The summed E-state index contributed by atoms with van der Waals surface area (Å²) in [5.74, 6) is 3.11. The summed E-state index contributed by atoms with van der Waals surface area (Å²) in [6.07, 6.45) is 11.2. The van der Waals surface area contributed by atoms with Crippen LogP contribution < -0.4 is 9.64 Å². The van der Waals surface area contributed by atoms with E-state index < -0.39 is 0 Å². The van der Waals surface area contributed by atoms with E-state index in [9.17, 15) is 4.79 Å². The molecule has 1 aliphatic heterocycles. The third-order valence-electron chi connectivity index (χ3n) is 7.24. The summed E-state index contributed by atoms with van der Waals surface area (Å²) >= 11 is 0. The Bertz CT molecular complexity index is 609. The quantitative estimate of drug-likeness (QED) is 0.585.